The van der Waals surface area contributed by atoms with Gasteiger partial charge in [0.05, 0.1) is 7.11 Å². The fourth-order valence-corrected chi connectivity index (χ4v) is 1.86. The van der Waals surface area contributed by atoms with Crippen LogP contribution in [0.25, 0.3) is 0 Å². The van der Waals surface area contributed by atoms with Crippen molar-refractivity contribution in [3.05, 3.63) is 35.9 Å². The smallest absolute Gasteiger partial charge is 0.408 e. The molecular weight excluding hydrogens is 348 g/mol. The molecule has 0 saturated carbocycles. The van der Waals surface area contributed by atoms with Crippen molar-refractivity contribution in [3.63, 3.8) is 0 Å². The van der Waals surface area contributed by atoms with Crippen LogP contribution >= 0.6 is 12.4 Å². The summed E-state index contributed by atoms with van der Waals surface area (Å²) in [7, 11) is 1.23. The third-order valence-corrected chi connectivity index (χ3v) is 2.92. The average molecular weight is 373 g/mol. The van der Waals surface area contributed by atoms with Gasteiger partial charge in [-0.2, -0.15) is 0 Å². The number of esters is 1. The molecular formula is C17H25ClN2O5. The molecule has 0 spiro atoms. The first-order valence-corrected chi connectivity index (χ1v) is 7.59. The predicted molar refractivity (Wildman–Crippen MR) is 95.6 cm³/mol. The summed E-state index contributed by atoms with van der Waals surface area (Å²) in [4.78, 5) is 35.4. The molecule has 7 nitrogen and oxygen atoms in total. The molecule has 1 aromatic rings. The second kappa shape index (κ2) is 10.6. The van der Waals surface area contributed by atoms with Crippen molar-refractivity contribution in [2.75, 3.05) is 13.7 Å². The summed E-state index contributed by atoms with van der Waals surface area (Å²) in [6, 6.07) is 8.36. The van der Waals surface area contributed by atoms with Crippen LogP contribution in [0.5, 0.6) is 0 Å². The van der Waals surface area contributed by atoms with Crippen LogP contribution in [-0.4, -0.2) is 43.3 Å². The highest BCUT2D eigenvalue weighted by Crippen LogP contribution is 2.08. The lowest BCUT2D eigenvalue weighted by Gasteiger charge is -2.23. The van der Waals surface area contributed by atoms with E-state index in [-0.39, 0.29) is 25.4 Å². The molecule has 0 radical (unpaired) electrons. The van der Waals surface area contributed by atoms with Gasteiger partial charge in [-0.15, -0.1) is 12.4 Å². The van der Waals surface area contributed by atoms with Gasteiger partial charge in [0.15, 0.2) is 0 Å². The van der Waals surface area contributed by atoms with Gasteiger partial charge in [0.25, 0.3) is 0 Å². The Morgan fingerprint density at radius 3 is 2.24 bits per heavy atom. The van der Waals surface area contributed by atoms with Crippen molar-refractivity contribution < 1.29 is 23.9 Å². The maximum Gasteiger partial charge on any atom is 0.408 e. The van der Waals surface area contributed by atoms with E-state index in [1.165, 1.54) is 7.11 Å². The number of alkyl carbamates (subject to hydrolysis) is 1. The third-order valence-electron chi connectivity index (χ3n) is 2.92. The van der Waals surface area contributed by atoms with Gasteiger partial charge in [-0.1, -0.05) is 30.3 Å². The van der Waals surface area contributed by atoms with Crippen LogP contribution in [0, 0.1) is 0 Å². The van der Waals surface area contributed by atoms with E-state index in [1.807, 2.05) is 30.3 Å². The molecule has 0 aliphatic heterocycles. The number of hydrogen-bond donors (Lipinski definition) is 2. The third kappa shape index (κ3) is 9.56. The number of carbonyl (C=O) groups excluding carboxylic acids is 3. The molecule has 0 aliphatic carbocycles. The number of amides is 2. The van der Waals surface area contributed by atoms with Gasteiger partial charge in [0, 0.05) is 6.42 Å². The lowest BCUT2D eigenvalue weighted by molar-refractivity contribution is -0.141. The minimum atomic E-state index is -0.869. The first kappa shape index (κ1) is 22.7. The molecule has 8 heteroatoms. The predicted octanol–water partition coefficient (Wildman–Crippen LogP) is 1.83. The highest BCUT2D eigenvalue weighted by molar-refractivity contribution is 5.88. The first-order valence-electron chi connectivity index (χ1n) is 7.59. The largest absolute Gasteiger partial charge is 0.468 e. The minimum absolute atomic E-state index is 0. The highest BCUT2D eigenvalue weighted by atomic mass is 35.5. The molecule has 0 bridgehead atoms. The molecule has 2 amide bonds. The van der Waals surface area contributed by atoms with E-state index in [4.69, 9.17) is 4.74 Å². The van der Waals surface area contributed by atoms with Crippen molar-refractivity contribution in [3.8, 4) is 0 Å². The van der Waals surface area contributed by atoms with Crippen LogP contribution in [0.15, 0.2) is 30.3 Å². The molecule has 0 aromatic heterocycles. The summed E-state index contributed by atoms with van der Waals surface area (Å²) in [5, 5.41) is 4.98. The van der Waals surface area contributed by atoms with Crippen molar-refractivity contribution >= 4 is 30.4 Å². The Kier molecular flexibility index (Phi) is 9.59. The number of halogens is 1. The fraction of sp³-hybridized carbons (Fsp3) is 0.471. The summed E-state index contributed by atoms with van der Waals surface area (Å²) in [5.41, 5.74) is 0.191. The Morgan fingerprint density at radius 2 is 1.72 bits per heavy atom. The molecule has 0 fully saturated rings. The van der Waals surface area contributed by atoms with E-state index in [2.05, 4.69) is 15.4 Å². The summed E-state index contributed by atoms with van der Waals surface area (Å²) >= 11 is 0. The molecule has 140 valence electrons. The summed E-state index contributed by atoms with van der Waals surface area (Å²) in [5.74, 6) is -1.06. The fourth-order valence-electron chi connectivity index (χ4n) is 1.86. The van der Waals surface area contributed by atoms with E-state index in [0.29, 0.717) is 0 Å². The maximum absolute atomic E-state index is 12.3. The molecule has 0 aliphatic rings. The van der Waals surface area contributed by atoms with Crippen LogP contribution < -0.4 is 10.6 Å². The van der Waals surface area contributed by atoms with E-state index in [0.717, 1.165) is 5.56 Å². The Morgan fingerprint density at radius 1 is 1.12 bits per heavy atom. The number of ether oxygens (including phenoxy) is 2. The molecule has 0 saturated heterocycles. The molecule has 1 aromatic carbocycles. The van der Waals surface area contributed by atoms with Crippen molar-refractivity contribution in [1.82, 2.24) is 10.6 Å². The SMILES string of the molecule is COC(=O)CNC(=O)C(Cc1ccccc1)NC(=O)OC(C)(C)C.Cl. The Bertz CT molecular complexity index is 572. The topological polar surface area (TPSA) is 93.7 Å². The molecule has 25 heavy (non-hydrogen) atoms. The van der Waals surface area contributed by atoms with Crippen LogP contribution in [-0.2, 0) is 25.5 Å². The average Bonchev–Trinajstić information content (AvgIpc) is 2.50. The van der Waals surface area contributed by atoms with Gasteiger partial charge >= 0.3 is 12.1 Å². The summed E-state index contributed by atoms with van der Waals surface area (Å²) in [6.07, 6.45) is -0.427. The van der Waals surface area contributed by atoms with Crippen LogP contribution in [0.4, 0.5) is 4.79 Å². The highest BCUT2D eigenvalue weighted by Gasteiger charge is 2.25. The molecule has 1 rings (SSSR count). The van der Waals surface area contributed by atoms with E-state index >= 15 is 0 Å². The van der Waals surface area contributed by atoms with Gasteiger partial charge in [-0.25, -0.2) is 4.79 Å². The second-order valence-electron chi connectivity index (χ2n) is 6.18. The number of benzene rings is 1. The maximum atomic E-state index is 12.3. The van der Waals surface area contributed by atoms with E-state index in [9.17, 15) is 14.4 Å². The van der Waals surface area contributed by atoms with Crippen LogP contribution in [0.2, 0.25) is 0 Å². The number of carbonyl (C=O) groups is 3. The normalized spacial score (nSPS) is 11.5. The van der Waals surface area contributed by atoms with Crippen molar-refractivity contribution in [1.29, 1.82) is 0 Å². The zero-order valence-corrected chi connectivity index (χ0v) is 15.6. The van der Waals surface area contributed by atoms with Gasteiger partial charge in [0.1, 0.15) is 18.2 Å². The quantitative estimate of drug-likeness (QED) is 0.743. The van der Waals surface area contributed by atoms with Gasteiger partial charge in [-0.3, -0.25) is 9.59 Å². The number of hydrogen-bond acceptors (Lipinski definition) is 5. The summed E-state index contributed by atoms with van der Waals surface area (Å²) in [6.45, 7) is 4.93. The van der Waals surface area contributed by atoms with Gasteiger partial charge in [-0.05, 0) is 26.3 Å². The van der Waals surface area contributed by atoms with E-state index in [1.54, 1.807) is 20.8 Å². The van der Waals surface area contributed by atoms with Gasteiger partial charge in [0.2, 0.25) is 5.91 Å². The Hall–Kier alpha value is -2.28. The zero-order chi connectivity index (χ0) is 18.2. The molecule has 2 N–H and O–H groups in total. The van der Waals surface area contributed by atoms with Crippen molar-refractivity contribution in [2.24, 2.45) is 0 Å². The monoisotopic (exact) mass is 372 g/mol. The number of nitrogens with one attached hydrogen (secondary N) is 2. The molecule has 1 atom stereocenters. The van der Waals surface area contributed by atoms with Crippen LogP contribution in [0.1, 0.15) is 26.3 Å². The number of methoxy groups -OCH3 is 1. The second-order valence-corrected chi connectivity index (χ2v) is 6.18. The first-order chi connectivity index (χ1) is 11.2. The number of rotatable bonds is 6. The Labute approximate surface area is 153 Å². The molecule has 0 heterocycles. The summed E-state index contributed by atoms with van der Waals surface area (Å²) < 4.78 is 9.66. The lowest BCUT2D eigenvalue weighted by Crippen LogP contribution is -2.50. The van der Waals surface area contributed by atoms with Gasteiger partial charge < -0.3 is 20.1 Å². The van der Waals surface area contributed by atoms with Crippen LogP contribution in [0.3, 0.4) is 0 Å². The molecule has 1 unspecified atom stereocenters. The standard InChI is InChI=1S/C17H24N2O5.ClH/c1-17(2,3)24-16(22)19-13(10-12-8-6-5-7-9-12)15(21)18-11-14(20)23-4;/h5-9,13H,10-11H2,1-4H3,(H,18,21)(H,19,22);1H. The minimum Gasteiger partial charge on any atom is -0.468 e. The Balaban J connectivity index is 0.00000576. The van der Waals surface area contributed by atoms with Crippen molar-refractivity contribution in [2.45, 2.75) is 38.8 Å². The lowest BCUT2D eigenvalue weighted by atomic mass is 10.1. The van der Waals surface area contributed by atoms with E-state index < -0.39 is 29.6 Å². The zero-order valence-electron chi connectivity index (χ0n) is 14.8.